The molecule has 3 aromatic rings. The summed E-state index contributed by atoms with van der Waals surface area (Å²) in [6.07, 6.45) is 1.32. The molecule has 0 saturated carbocycles. The second-order valence-electron chi connectivity index (χ2n) is 9.22. The van der Waals surface area contributed by atoms with E-state index in [1.165, 1.54) is 12.1 Å². The molecule has 1 aromatic heterocycles. The van der Waals surface area contributed by atoms with Crippen LogP contribution in [0.5, 0.6) is 0 Å². The van der Waals surface area contributed by atoms with Crippen molar-refractivity contribution in [1.29, 1.82) is 0 Å². The van der Waals surface area contributed by atoms with Gasteiger partial charge in [0, 0.05) is 58.9 Å². The number of halogens is 2. The van der Waals surface area contributed by atoms with Crippen molar-refractivity contribution < 1.29 is 9.18 Å². The molecule has 0 unspecified atom stereocenters. The Balaban J connectivity index is 1.74. The van der Waals surface area contributed by atoms with Crippen molar-refractivity contribution in [2.75, 3.05) is 30.3 Å². The maximum absolute atomic E-state index is 15.1. The molecule has 182 valence electrons. The molecule has 9 heteroatoms. The van der Waals surface area contributed by atoms with E-state index in [0.29, 0.717) is 47.4 Å². The number of hydrogen-bond donors (Lipinski definition) is 0. The summed E-state index contributed by atoms with van der Waals surface area (Å²) >= 11 is 8.43. The number of thioether (sulfide) groups is 1. The number of nitrogens with zero attached hydrogens (tertiary/aromatic N) is 4. The summed E-state index contributed by atoms with van der Waals surface area (Å²) in [6, 6.07) is 6.77. The van der Waals surface area contributed by atoms with Crippen LogP contribution in [0.15, 0.2) is 46.6 Å². The lowest BCUT2D eigenvalue weighted by atomic mass is 10.0. The number of aromatic nitrogens is 2. The van der Waals surface area contributed by atoms with Crippen molar-refractivity contribution in [3.8, 4) is 11.1 Å². The van der Waals surface area contributed by atoms with Crippen LogP contribution in [-0.2, 0) is 4.79 Å². The first-order chi connectivity index (χ1) is 16.7. The largest absolute Gasteiger partial charge is 0.350 e. The minimum absolute atomic E-state index is 0.0666. The molecule has 3 heterocycles. The Kier molecular flexibility index (Phi) is 6.13. The van der Waals surface area contributed by atoms with E-state index in [2.05, 4.69) is 16.5 Å². The maximum atomic E-state index is 15.1. The molecule has 2 aromatic carbocycles. The molecule has 6 nitrogen and oxygen atoms in total. The zero-order valence-electron chi connectivity index (χ0n) is 19.8. The molecule has 0 N–H and O–H groups in total. The molecule has 0 spiro atoms. The summed E-state index contributed by atoms with van der Waals surface area (Å²) in [4.78, 5) is 34.6. The van der Waals surface area contributed by atoms with Crippen molar-refractivity contribution in [3.05, 3.63) is 63.8 Å². The van der Waals surface area contributed by atoms with Crippen molar-refractivity contribution in [2.24, 2.45) is 0 Å². The summed E-state index contributed by atoms with van der Waals surface area (Å²) in [6.45, 7) is 10.9. The lowest BCUT2D eigenvalue weighted by Crippen LogP contribution is -2.54. The van der Waals surface area contributed by atoms with Gasteiger partial charge in [-0.15, -0.1) is 11.8 Å². The molecule has 0 radical (unpaired) electrons. The van der Waals surface area contributed by atoms with E-state index in [-0.39, 0.29) is 29.5 Å². The molecule has 1 fully saturated rings. The van der Waals surface area contributed by atoms with E-state index >= 15 is 4.39 Å². The van der Waals surface area contributed by atoms with E-state index in [0.717, 1.165) is 21.4 Å². The highest BCUT2D eigenvalue weighted by molar-refractivity contribution is 7.99. The van der Waals surface area contributed by atoms with Gasteiger partial charge in [0.05, 0.1) is 10.5 Å². The number of aryl methyl sites for hydroxylation is 1. The first kappa shape index (κ1) is 23.9. The van der Waals surface area contributed by atoms with Crippen LogP contribution < -0.4 is 10.6 Å². The van der Waals surface area contributed by atoms with Gasteiger partial charge in [0.25, 0.3) is 0 Å². The van der Waals surface area contributed by atoms with Gasteiger partial charge in [0.15, 0.2) is 0 Å². The normalized spacial score (nSPS) is 19.8. The average Bonchev–Trinajstić information content (AvgIpc) is 2.82. The molecule has 0 aliphatic carbocycles. The van der Waals surface area contributed by atoms with Gasteiger partial charge >= 0.3 is 5.69 Å². The topological polar surface area (TPSA) is 58.4 Å². The molecule has 2 aliphatic heterocycles. The van der Waals surface area contributed by atoms with E-state index in [4.69, 9.17) is 11.6 Å². The van der Waals surface area contributed by atoms with Crippen molar-refractivity contribution >= 4 is 46.0 Å². The fourth-order valence-corrected chi connectivity index (χ4v) is 6.68. The van der Waals surface area contributed by atoms with Gasteiger partial charge in [0.2, 0.25) is 5.91 Å². The number of carbonyl (C=O) groups excluding carboxylic acids is 1. The summed E-state index contributed by atoms with van der Waals surface area (Å²) in [7, 11) is 0. The van der Waals surface area contributed by atoms with Crippen LogP contribution in [0, 0.1) is 12.7 Å². The molecular weight excluding hydrogens is 487 g/mol. The fraction of sp³-hybridized carbons (Fsp3) is 0.346. The zero-order chi connectivity index (χ0) is 25.0. The summed E-state index contributed by atoms with van der Waals surface area (Å²) in [5.74, 6) is 0.747. The minimum atomic E-state index is -0.346. The fourth-order valence-electron chi connectivity index (χ4n) is 5.05. The summed E-state index contributed by atoms with van der Waals surface area (Å²) in [5, 5.41) is 1.17. The first-order valence-electron chi connectivity index (χ1n) is 11.6. The molecule has 1 amide bonds. The highest BCUT2D eigenvalue weighted by atomic mass is 35.5. The Morgan fingerprint density at radius 3 is 2.71 bits per heavy atom. The monoisotopic (exact) mass is 512 g/mol. The number of piperazine rings is 1. The zero-order valence-corrected chi connectivity index (χ0v) is 21.4. The molecule has 35 heavy (non-hydrogen) atoms. The Labute approximate surface area is 212 Å². The van der Waals surface area contributed by atoms with Crippen molar-refractivity contribution in [1.82, 2.24) is 14.5 Å². The van der Waals surface area contributed by atoms with Gasteiger partial charge in [-0.2, -0.15) is 4.98 Å². The highest BCUT2D eigenvalue weighted by Gasteiger charge is 2.32. The Morgan fingerprint density at radius 1 is 1.26 bits per heavy atom. The van der Waals surface area contributed by atoms with Crippen LogP contribution in [0.4, 0.5) is 10.2 Å². The predicted octanol–water partition coefficient (Wildman–Crippen LogP) is 5.05. The molecule has 5 rings (SSSR count). The molecule has 2 atom stereocenters. The first-order valence-corrected chi connectivity index (χ1v) is 12.9. The lowest BCUT2D eigenvalue weighted by molar-refractivity contribution is -0.126. The molecule has 2 aliphatic rings. The lowest BCUT2D eigenvalue weighted by Gasteiger charge is -2.41. The number of hydrogen-bond acceptors (Lipinski definition) is 5. The third kappa shape index (κ3) is 3.93. The second-order valence-corrected chi connectivity index (χ2v) is 10.7. The van der Waals surface area contributed by atoms with E-state index in [9.17, 15) is 9.59 Å². The SMILES string of the molecule is C=CC(=O)N1CCN(c2nc(=O)n3c4c(c(-c5ccc(C)cc5F)c(Cl)cc24)SC[C@H]3C)[C@@H](C)C1. The van der Waals surface area contributed by atoms with Crippen LogP contribution in [0.2, 0.25) is 5.02 Å². The maximum Gasteiger partial charge on any atom is 0.350 e. The molecule has 1 saturated heterocycles. The molecule has 0 bridgehead atoms. The number of benzene rings is 2. The van der Waals surface area contributed by atoms with Crippen LogP contribution in [-0.4, -0.2) is 51.8 Å². The Bertz CT molecular complexity index is 1440. The van der Waals surface area contributed by atoms with Crippen LogP contribution >= 0.6 is 23.4 Å². The smallest absolute Gasteiger partial charge is 0.350 e. The van der Waals surface area contributed by atoms with E-state index < -0.39 is 0 Å². The van der Waals surface area contributed by atoms with Gasteiger partial charge in [0.1, 0.15) is 11.6 Å². The average molecular weight is 513 g/mol. The third-order valence-electron chi connectivity index (χ3n) is 6.79. The minimum Gasteiger partial charge on any atom is -0.350 e. The van der Waals surface area contributed by atoms with Crippen LogP contribution in [0.1, 0.15) is 25.5 Å². The van der Waals surface area contributed by atoms with E-state index in [1.807, 2.05) is 26.8 Å². The summed E-state index contributed by atoms with van der Waals surface area (Å²) in [5.41, 5.74) is 2.25. The van der Waals surface area contributed by atoms with Gasteiger partial charge in [-0.05, 0) is 44.5 Å². The quantitative estimate of drug-likeness (QED) is 0.459. The van der Waals surface area contributed by atoms with Gasteiger partial charge in [-0.25, -0.2) is 9.18 Å². The highest BCUT2D eigenvalue weighted by Crippen LogP contribution is 2.48. The van der Waals surface area contributed by atoms with Crippen LogP contribution in [0.3, 0.4) is 0 Å². The van der Waals surface area contributed by atoms with Gasteiger partial charge < -0.3 is 9.80 Å². The predicted molar refractivity (Wildman–Crippen MR) is 140 cm³/mol. The van der Waals surface area contributed by atoms with Crippen molar-refractivity contribution in [2.45, 2.75) is 37.8 Å². The third-order valence-corrected chi connectivity index (χ3v) is 8.42. The number of anilines is 1. The standard InChI is InChI=1S/C26H26ClFN4O2S/c1-5-21(33)30-8-9-31(15(3)12-30)25-18-11-19(27)22(17-7-6-14(2)10-20(17)28)24-23(18)32(26(34)29-25)16(4)13-35-24/h5-7,10-11,15-16H,1,8-9,12-13H2,2-4H3/t15-,16+/m0/s1. The Hall–Kier alpha value is -2.84. The Morgan fingerprint density at radius 2 is 2.03 bits per heavy atom. The van der Waals surface area contributed by atoms with Gasteiger partial charge in [-0.3, -0.25) is 9.36 Å². The molecular formula is C26H26ClFN4O2S. The number of rotatable bonds is 3. The number of amides is 1. The van der Waals surface area contributed by atoms with E-state index in [1.54, 1.807) is 33.4 Å². The number of carbonyl (C=O) groups is 1. The second kappa shape index (κ2) is 8.99. The van der Waals surface area contributed by atoms with Gasteiger partial charge in [-0.1, -0.05) is 30.3 Å². The van der Waals surface area contributed by atoms with Crippen molar-refractivity contribution in [3.63, 3.8) is 0 Å². The van der Waals surface area contributed by atoms with Crippen LogP contribution in [0.25, 0.3) is 22.0 Å². The summed E-state index contributed by atoms with van der Waals surface area (Å²) < 4.78 is 16.8.